The number of ether oxygens (including phenoxy) is 1. The van der Waals surface area contributed by atoms with Gasteiger partial charge < -0.3 is 14.4 Å². The van der Waals surface area contributed by atoms with Crippen molar-refractivity contribution in [3.05, 3.63) is 39.7 Å². The Hall–Kier alpha value is -2.30. The number of fused-ring (bicyclic) bond motifs is 1. The van der Waals surface area contributed by atoms with Gasteiger partial charge in [-0.25, -0.2) is 0 Å². The van der Waals surface area contributed by atoms with E-state index in [0.29, 0.717) is 22.7 Å². The molecule has 1 N–H and O–H groups in total. The number of benzene rings is 1. The van der Waals surface area contributed by atoms with Gasteiger partial charge >= 0.3 is 5.97 Å². The lowest BCUT2D eigenvalue weighted by atomic mass is 10.0. The standard InChI is InChI=1S/C16H17NO4/c1-9-13(8-15(18)19)16(20)12-6-5-11(21-2)7-14(12)17(9)10-3-4-10/h5-7,10H,3-4,8H2,1-2H3,(H,18,19). The minimum absolute atomic E-state index is 0.190. The van der Waals surface area contributed by atoms with Crippen LogP contribution in [0.3, 0.4) is 0 Å². The quantitative estimate of drug-likeness (QED) is 0.936. The summed E-state index contributed by atoms with van der Waals surface area (Å²) in [5.74, 6) is -0.285. The van der Waals surface area contributed by atoms with Gasteiger partial charge in [0.25, 0.3) is 0 Å². The molecule has 0 spiro atoms. The molecule has 21 heavy (non-hydrogen) atoms. The second-order valence-electron chi connectivity index (χ2n) is 5.45. The number of carbonyl (C=O) groups is 1. The molecule has 0 unspecified atom stereocenters. The number of hydrogen-bond acceptors (Lipinski definition) is 3. The van der Waals surface area contributed by atoms with Gasteiger partial charge in [0.2, 0.25) is 0 Å². The minimum atomic E-state index is -0.981. The van der Waals surface area contributed by atoms with Gasteiger partial charge in [0, 0.05) is 28.8 Å². The zero-order valence-corrected chi connectivity index (χ0v) is 12.0. The molecule has 5 heteroatoms. The van der Waals surface area contributed by atoms with E-state index in [1.807, 2.05) is 13.0 Å². The molecule has 0 saturated heterocycles. The molecule has 1 fully saturated rings. The number of aliphatic carboxylic acids is 1. The van der Waals surface area contributed by atoms with Crippen LogP contribution in [0.4, 0.5) is 0 Å². The Morgan fingerprint density at radius 2 is 2.14 bits per heavy atom. The Kier molecular flexibility index (Phi) is 3.20. The van der Waals surface area contributed by atoms with Gasteiger partial charge in [-0.05, 0) is 31.9 Å². The molecule has 1 aliphatic rings. The lowest BCUT2D eigenvalue weighted by Crippen LogP contribution is -2.21. The lowest BCUT2D eigenvalue weighted by Gasteiger charge is -2.17. The number of aromatic nitrogens is 1. The molecule has 0 amide bonds. The van der Waals surface area contributed by atoms with Crippen LogP contribution in [0.15, 0.2) is 23.0 Å². The summed E-state index contributed by atoms with van der Waals surface area (Å²) in [6, 6.07) is 5.67. The molecule has 0 aliphatic heterocycles. The summed E-state index contributed by atoms with van der Waals surface area (Å²) < 4.78 is 7.34. The molecule has 3 rings (SSSR count). The number of nitrogens with zero attached hydrogens (tertiary/aromatic N) is 1. The summed E-state index contributed by atoms with van der Waals surface area (Å²) >= 11 is 0. The van der Waals surface area contributed by atoms with Crippen LogP contribution in [-0.2, 0) is 11.2 Å². The predicted octanol–water partition coefficient (Wildman–Crippen LogP) is 2.28. The van der Waals surface area contributed by atoms with Gasteiger partial charge in [0.1, 0.15) is 5.75 Å². The third-order valence-electron chi connectivity index (χ3n) is 4.02. The van der Waals surface area contributed by atoms with Crippen LogP contribution < -0.4 is 10.2 Å². The third-order valence-corrected chi connectivity index (χ3v) is 4.02. The Labute approximate surface area is 121 Å². The van der Waals surface area contributed by atoms with Crippen LogP contribution in [0.2, 0.25) is 0 Å². The maximum atomic E-state index is 12.6. The van der Waals surface area contributed by atoms with Gasteiger partial charge in [-0.15, -0.1) is 0 Å². The van der Waals surface area contributed by atoms with Crippen LogP contribution >= 0.6 is 0 Å². The smallest absolute Gasteiger partial charge is 0.308 e. The van der Waals surface area contributed by atoms with Gasteiger partial charge in [-0.1, -0.05) is 0 Å². The number of carboxylic acids is 1. The van der Waals surface area contributed by atoms with Gasteiger partial charge in [0.15, 0.2) is 5.43 Å². The van der Waals surface area contributed by atoms with E-state index in [1.165, 1.54) is 0 Å². The van der Waals surface area contributed by atoms with Gasteiger partial charge in [-0.3, -0.25) is 9.59 Å². The highest BCUT2D eigenvalue weighted by atomic mass is 16.5. The highest BCUT2D eigenvalue weighted by Crippen LogP contribution is 2.39. The van der Waals surface area contributed by atoms with Crippen molar-refractivity contribution >= 4 is 16.9 Å². The predicted molar refractivity (Wildman–Crippen MR) is 79.1 cm³/mol. The SMILES string of the molecule is COc1ccc2c(=O)c(CC(=O)O)c(C)n(C3CC3)c2c1. The van der Waals surface area contributed by atoms with Crippen molar-refractivity contribution in [1.82, 2.24) is 4.57 Å². The monoisotopic (exact) mass is 287 g/mol. The van der Waals surface area contributed by atoms with E-state index in [9.17, 15) is 9.59 Å². The normalized spacial score (nSPS) is 14.4. The molecule has 110 valence electrons. The molecule has 0 atom stereocenters. The van der Waals surface area contributed by atoms with Crippen LogP contribution in [0.25, 0.3) is 10.9 Å². The van der Waals surface area contributed by atoms with E-state index in [1.54, 1.807) is 19.2 Å². The van der Waals surface area contributed by atoms with E-state index in [-0.39, 0.29) is 11.8 Å². The van der Waals surface area contributed by atoms with E-state index in [0.717, 1.165) is 24.1 Å². The summed E-state index contributed by atoms with van der Waals surface area (Å²) in [4.78, 5) is 23.6. The zero-order chi connectivity index (χ0) is 15.1. The van der Waals surface area contributed by atoms with E-state index < -0.39 is 5.97 Å². The highest BCUT2D eigenvalue weighted by molar-refractivity contribution is 5.83. The molecular formula is C16H17NO4. The fourth-order valence-electron chi connectivity index (χ4n) is 2.85. The van der Waals surface area contributed by atoms with Crippen molar-refractivity contribution in [2.75, 3.05) is 7.11 Å². The van der Waals surface area contributed by atoms with Crippen molar-refractivity contribution < 1.29 is 14.6 Å². The van der Waals surface area contributed by atoms with E-state index in [2.05, 4.69) is 4.57 Å². The molecule has 1 aliphatic carbocycles. The lowest BCUT2D eigenvalue weighted by molar-refractivity contribution is -0.136. The molecule has 1 saturated carbocycles. The van der Waals surface area contributed by atoms with Crippen molar-refractivity contribution in [2.45, 2.75) is 32.2 Å². The Morgan fingerprint density at radius 3 is 2.71 bits per heavy atom. The maximum absolute atomic E-state index is 12.6. The second-order valence-corrected chi connectivity index (χ2v) is 5.45. The minimum Gasteiger partial charge on any atom is -0.497 e. The van der Waals surface area contributed by atoms with Crippen LogP contribution in [0.5, 0.6) is 5.75 Å². The fraction of sp³-hybridized carbons (Fsp3) is 0.375. The molecule has 1 aromatic carbocycles. The average Bonchev–Trinajstić information content (AvgIpc) is 3.27. The van der Waals surface area contributed by atoms with E-state index >= 15 is 0 Å². The van der Waals surface area contributed by atoms with E-state index in [4.69, 9.17) is 9.84 Å². The van der Waals surface area contributed by atoms with Crippen molar-refractivity contribution in [3.8, 4) is 5.75 Å². The first-order valence-corrected chi connectivity index (χ1v) is 6.96. The number of hydrogen-bond donors (Lipinski definition) is 1. The Morgan fingerprint density at radius 1 is 1.43 bits per heavy atom. The first kappa shape index (κ1) is 13.7. The Balaban J connectivity index is 2.36. The average molecular weight is 287 g/mol. The first-order chi connectivity index (χ1) is 10.0. The summed E-state index contributed by atoms with van der Waals surface area (Å²) in [6.45, 7) is 1.83. The number of rotatable bonds is 4. The van der Waals surface area contributed by atoms with Crippen LogP contribution in [0.1, 0.15) is 30.1 Å². The van der Waals surface area contributed by atoms with Crippen molar-refractivity contribution in [2.24, 2.45) is 0 Å². The summed E-state index contributed by atoms with van der Waals surface area (Å²) in [5.41, 5.74) is 1.77. The molecule has 0 bridgehead atoms. The summed E-state index contributed by atoms with van der Waals surface area (Å²) in [6.07, 6.45) is 1.88. The number of carboxylic acid groups (broad SMARTS) is 1. The zero-order valence-electron chi connectivity index (χ0n) is 12.0. The molecule has 1 aromatic heterocycles. The summed E-state index contributed by atoms with van der Waals surface area (Å²) in [5, 5.41) is 9.61. The molecule has 0 radical (unpaired) electrons. The second kappa shape index (κ2) is 4.91. The fourth-order valence-corrected chi connectivity index (χ4v) is 2.85. The Bertz CT molecular complexity index is 787. The first-order valence-electron chi connectivity index (χ1n) is 6.96. The highest BCUT2D eigenvalue weighted by Gasteiger charge is 2.28. The molecule has 1 heterocycles. The summed E-state index contributed by atoms with van der Waals surface area (Å²) in [7, 11) is 1.59. The number of methoxy groups -OCH3 is 1. The van der Waals surface area contributed by atoms with Gasteiger partial charge in [0.05, 0.1) is 19.0 Å². The third kappa shape index (κ3) is 2.28. The van der Waals surface area contributed by atoms with Gasteiger partial charge in [-0.2, -0.15) is 0 Å². The number of pyridine rings is 1. The van der Waals surface area contributed by atoms with Crippen molar-refractivity contribution in [3.63, 3.8) is 0 Å². The molecule has 2 aromatic rings. The topological polar surface area (TPSA) is 68.5 Å². The molecule has 5 nitrogen and oxygen atoms in total. The van der Waals surface area contributed by atoms with Crippen molar-refractivity contribution in [1.29, 1.82) is 0 Å². The molecular weight excluding hydrogens is 270 g/mol. The van der Waals surface area contributed by atoms with Crippen LogP contribution in [0, 0.1) is 6.92 Å². The largest absolute Gasteiger partial charge is 0.497 e. The maximum Gasteiger partial charge on any atom is 0.308 e. The van der Waals surface area contributed by atoms with Crippen LogP contribution in [-0.4, -0.2) is 22.8 Å².